The summed E-state index contributed by atoms with van der Waals surface area (Å²) < 4.78 is 0. The molecule has 0 aromatic heterocycles. The monoisotopic (exact) mass is 274 g/mol. The molecule has 0 amide bonds. The first-order chi connectivity index (χ1) is 9.06. The number of aliphatic carboxylic acids is 1. The summed E-state index contributed by atoms with van der Waals surface area (Å²) in [6, 6.07) is 7.91. The van der Waals surface area contributed by atoms with Crippen LogP contribution in [0.5, 0.6) is 0 Å². The summed E-state index contributed by atoms with van der Waals surface area (Å²) in [5.74, 6) is -0.485. The second-order valence-electron chi connectivity index (χ2n) is 4.17. The first-order valence-corrected chi connectivity index (χ1v) is 6.71. The number of aliphatic imine (C=N–C) groups is 1. The van der Waals surface area contributed by atoms with Crippen LogP contribution in [0.1, 0.15) is 5.56 Å². The molecule has 19 heavy (non-hydrogen) atoms. The molecule has 2 rings (SSSR count). The number of benzene rings is 1. The maximum Gasteiger partial charge on any atom is 0.337 e. The lowest BCUT2D eigenvalue weighted by Gasteiger charge is -2.08. The van der Waals surface area contributed by atoms with Gasteiger partial charge in [0, 0.05) is 17.6 Å². The Kier molecular flexibility index (Phi) is 4.06. The van der Waals surface area contributed by atoms with E-state index in [1.165, 1.54) is 18.0 Å². The molecular weight excluding hydrogens is 260 g/mol. The fourth-order valence-electron chi connectivity index (χ4n) is 1.61. The number of carboxylic acid groups (broad SMARTS) is 1. The zero-order chi connectivity index (χ0) is 13.8. The fraction of sp³-hybridized carbons (Fsp3) is 0.143. The van der Waals surface area contributed by atoms with Crippen LogP contribution in [0, 0.1) is 6.92 Å². The predicted molar refractivity (Wildman–Crippen MR) is 79.6 cm³/mol. The highest BCUT2D eigenvalue weighted by molar-refractivity contribution is 8.14. The van der Waals surface area contributed by atoms with E-state index in [0.717, 1.165) is 11.3 Å². The summed E-state index contributed by atoms with van der Waals surface area (Å²) in [5.41, 5.74) is 2.82. The van der Waals surface area contributed by atoms with E-state index in [1.807, 2.05) is 31.2 Å². The average molecular weight is 274 g/mol. The lowest BCUT2D eigenvalue weighted by atomic mass is 10.1. The summed E-state index contributed by atoms with van der Waals surface area (Å²) in [7, 11) is 0. The number of carboxylic acids is 1. The Labute approximate surface area is 115 Å². The molecule has 0 fully saturated rings. The van der Waals surface area contributed by atoms with Crippen LogP contribution in [-0.4, -0.2) is 22.0 Å². The van der Waals surface area contributed by atoms with Crippen LogP contribution in [0.25, 0.3) is 0 Å². The minimum absolute atomic E-state index is 0.161. The van der Waals surface area contributed by atoms with Gasteiger partial charge in [0.25, 0.3) is 0 Å². The lowest BCUT2D eigenvalue weighted by Crippen LogP contribution is -2.08. The minimum atomic E-state index is -0.994. The Morgan fingerprint density at radius 1 is 1.53 bits per heavy atom. The van der Waals surface area contributed by atoms with Gasteiger partial charge in [-0.1, -0.05) is 30.5 Å². The summed E-state index contributed by atoms with van der Waals surface area (Å²) in [5, 5.41) is 12.9. The molecule has 5 heteroatoms. The smallest absolute Gasteiger partial charge is 0.337 e. The number of thioether (sulfide) groups is 1. The normalized spacial score (nSPS) is 15.3. The Balaban J connectivity index is 2.18. The lowest BCUT2D eigenvalue weighted by molar-refractivity contribution is -0.132. The standard InChI is InChI=1S/C14H14N2O2S/c1-9-4-3-5-11(6-9)16-14-15-7-12(13(17)18)10(2)8-19-14/h3-7H,2,8H2,1H3,(H,15,16)(H,17,18). The largest absolute Gasteiger partial charge is 0.478 e. The maximum absolute atomic E-state index is 11.0. The third-order valence-electron chi connectivity index (χ3n) is 2.57. The molecule has 1 heterocycles. The quantitative estimate of drug-likeness (QED) is 0.870. The van der Waals surface area contributed by atoms with Gasteiger partial charge in [-0.25, -0.2) is 9.79 Å². The summed E-state index contributed by atoms with van der Waals surface area (Å²) >= 11 is 1.44. The van der Waals surface area contributed by atoms with Crippen LogP contribution >= 0.6 is 11.8 Å². The van der Waals surface area contributed by atoms with Crippen molar-refractivity contribution in [2.45, 2.75) is 6.92 Å². The predicted octanol–water partition coefficient (Wildman–Crippen LogP) is 3.03. The van der Waals surface area contributed by atoms with Crippen molar-refractivity contribution in [2.75, 3.05) is 11.1 Å². The van der Waals surface area contributed by atoms with E-state index in [0.29, 0.717) is 16.5 Å². The Morgan fingerprint density at radius 3 is 3.00 bits per heavy atom. The number of carbonyl (C=O) groups is 1. The number of amidine groups is 1. The molecule has 0 aliphatic carbocycles. The number of nitrogens with one attached hydrogen (secondary N) is 1. The highest BCUT2D eigenvalue weighted by Crippen LogP contribution is 2.22. The van der Waals surface area contributed by atoms with Crippen molar-refractivity contribution >= 4 is 28.6 Å². The molecular formula is C14H14N2O2S. The van der Waals surface area contributed by atoms with Crippen LogP contribution in [0.15, 0.2) is 53.2 Å². The molecule has 0 unspecified atom stereocenters. The van der Waals surface area contributed by atoms with Gasteiger partial charge in [0.2, 0.25) is 0 Å². The van der Waals surface area contributed by atoms with Crippen molar-refractivity contribution in [3.63, 3.8) is 0 Å². The van der Waals surface area contributed by atoms with Crippen LogP contribution in [0.3, 0.4) is 0 Å². The average Bonchev–Trinajstić information content (AvgIpc) is 2.52. The second kappa shape index (κ2) is 5.75. The number of rotatable bonds is 2. The zero-order valence-corrected chi connectivity index (χ0v) is 11.3. The van der Waals surface area contributed by atoms with Gasteiger partial charge in [0.1, 0.15) is 0 Å². The van der Waals surface area contributed by atoms with E-state index in [2.05, 4.69) is 16.9 Å². The van der Waals surface area contributed by atoms with Gasteiger partial charge in [-0.3, -0.25) is 0 Å². The minimum Gasteiger partial charge on any atom is -0.478 e. The Morgan fingerprint density at radius 2 is 2.32 bits per heavy atom. The molecule has 98 valence electrons. The van der Waals surface area contributed by atoms with Crippen molar-refractivity contribution in [1.29, 1.82) is 0 Å². The van der Waals surface area contributed by atoms with Crippen LogP contribution in [0.4, 0.5) is 5.69 Å². The molecule has 0 saturated carbocycles. The summed E-state index contributed by atoms with van der Waals surface area (Å²) in [4.78, 5) is 15.2. The van der Waals surface area contributed by atoms with Gasteiger partial charge in [-0.2, -0.15) is 0 Å². The van der Waals surface area contributed by atoms with Gasteiger partial charge in [0.15, 0.2) is 5.17 Å². The van der Waals surface area contributed by atoms with Gasteiger partial charge < -0.3 is 10.4 Å². The highest BCUT2D eigenvalue weighted by atomic mass is 32.2. The number of anilines is 1. The van der Waals surface area contributed by atoms with Crippen LogP contribution in [0.2, 0.25) is 0 Å². The van der Waals surface area contributed by atoms with E-state index in [4.69, 9.17) is 5.11 Å². The first kappa shape index (κ1) is 13.4. The van der Waals surface area contributed by atoms with Gasteiger partial charge in [0.05, 0.1) is 5.57 Å². The third kappa shape index (κ3) is 3.48. The van der Waals surface area contributed by atoms with Crippen molar-refractivity contribution in [2.24, 2.45) is 4.99 Å². The van der Waals surface area contributed by atoms with E-state index >= 15 is 0 Å². The van der Waals surface area contributed by atoms with Crippen LogP contribution < -0.4 is 5.32 Å². The topological polar surface area (TPSA) is 61.7 Å². The molecule has 4 nitrogen and oxygen atoms in total. The van der Waals surface area contributed by atoms with Crippen LogP contribution in [-0.2, 0) is 4.79 Å². The van der Waals surface area contributed by atoms with Crippen molar-refractivity contribution in [3.05, 3.63) is 53.8 Å². The zero-order valence-electron chi connectivity index (χ0n) is 10.5. The highest BCUT2D eigenvalue weighted by Gasteiger charge is 2.15. The van der Waals surface area contributed by atoms with Crippen molar-refractivity contribution < 1.29 is 9.90 Å². The Bertz CT molecular complexity index is 591. The molecule has 1 aromatic carbocycles. The fourth-order valence-corrected chi connectivity index (χ4v) is 2.39. The van der Waals surface area contributed by atoms with Crippen molar-refractivity contribution in [1.82, 2.24) is 0 Å². The molecule has 0 bridgehead atoms. The molecule has 0 radical (unpaired) electrons. The number of aryl methyl sites for hydroxylation is 1. The first-order valence-electron chi connectivity index (χ1n) is 5.72. The molecule has 2 N–H and O–H groups in total. The molecule has 1 aliphatic heterocycles. The van der Waals surface area contributed by atoms with E-state index in [9.17, 15) is 4.79 Å². The SMILES string of the molecule is C=C1CSC(Nc2cccc(C)c2)=NC=C1C(=O)O. The summed E-state index contributed by atoms with van der Waals surface area (Å²) in [6.45, 7) is 5.77. The van der Waals surface area contributed by atoms with Gasteiger partial charge >= 0.3 is 5.97 Å². The van der Waals surface area contributed by atoms with Gasteiger partial charge in [-0.15, -0.1) is 0 Å². The maximum atomic E-state index is 11.0. The summed E-state index contributed by atoms with van der Waals surface area (Å²) in [6.07, 6.45) is 1.35. The molecule has 1 aliphatic rings. The third-order valence-corrected chi connectivity index (χ3v) is 3.55. The second-order valence-corrected chi connectivity index (χ2v) is 5.13. The van der Waals surface area contributed by atoms with E-state index in [-0.39, 0.29) is 5.57 Å². The van der Waals surface area contributed by atoms with E-state index in [1.54, 1.807) is 0 Å². The number of hydrogen-bond acceptors (Lipinski definition) is 4. The van der Waals surface area contributed by atoms with Crippen molar-refractivity contribution in [3.8, 4) is 0 Å². The molecule has 0 atom stereocenters. The molecule has 1 aromatic rings. The molecule has 0 spiro atoms. The van der Waals surface area contributed by atoms with E-state index < -0.39 is 5.97 Å². The van der Waals surface area contributed by atoms with Gasteiger partial charge in [-0.05, 0) is 30.2 Å². The number of nitrogens with zero attached hydrogens (tertiary/aromatic N) is 1. The Hall–Kier alpha value is -2.01. The molecule has 0 saturated heterocycles. The number of hydrogen-bond donors (Lipinski definition) is 2.